The van der Waals surface area contributed by atoms with E-state index < -0.39 is 0 Å². The molecule has 1 heterocycles. The second-order valence-corrected chi connectivity index (χ2v) is 9.63. The number of urea groups is 1. The second kappa shape index (κ2) is 11.2. The number of piperidine rings is 1. The summed E-state index contributed by atoms with van der Waals surface area (Å²) in [5.74, 6) is 0.962. The maximum atomic E-state index is 13.0. The molecule has 172 valence electrons. The minimum Gasteiger partial charge on any atom is -0.349 e. The Morgan fingerprint density at radius 1 is 0.938 bits per heavy atom. The molecule has 5 nitrogen and oxygen atoms in total. The van der Waals surface area contributed by atoms with E-state index in [9.17, 15) is 9.59 Å². The summed E-state index contributed by atoms with van der Waals surface area (Å²) in [4.78, 5) is 27.3. The molecule has 0 bridgehead atoms. The van der Waals surface area contributed by atoms with Crippen LogP contribution in [0.5, 0.6) is 0 Å². The monoisotopic (exact) mass is 435 g/mol. The summed E-state index contributed by atoms with van der Waals surface area (Å²) in [6.07, 6.45) is 2.44. The van der Waals surface area contributed by atoms with Crippen molar-refractivity contribution in [3.63, 3.8) is 0 Å². The molecule has 0 spiro atoms. The first-order valence-electron chi connectivity index (χ1n) is 11.8. The van der Waals surface area contributed by atoms with Gasteiger partial charge in [-0.2, -0.15) is 0 Å². The highest BCUT2D eigenvalue weighted by Gasteiger charge is 2.29. The quantitative estimate of drug-likeness (QED) is 0.591. The highest BCUT2D eigenvalue weighted by atomic mass is 16.2. The van der Waals surface area contributed by atoms with E-state index in [-0.39, 0.29) is 23.9 Å². The Morgan fingerprint density at radius 2 is 1.56 bits per heavy atom. The molecule has 0 saturated carbocycles. The first-order valence-corrected chi connectivity index (χ1v) is 11.8. The molecule has 0 aromatic heterocycles. The van der Waals surface area contributed by atoms with E-state index in [1.807, 2.05) is 30.3 Å². The predicted molar refractivity (Wildman–Crippen MR) is 130 cm³/mol. The van der Waals surface area contributed by atoms with Crippen LogP contribution >= 0.6 is 0 Å². The third-order valence-electron chi connectivity index (χ3n) is 6.13. The van der Waals surface area contributed by atoms with Crippen LogP contribution < -0.4 is 10.6 Å². The smallest absolute Gasteiger partial charge is 0.321 e. The molecule has 3 amide bonds. The minimum atomic E-state index is -0.100. The fourth-order valence-corrected chi connectivity index (χ4v) is 4.31. The van der Waals surface area contributed by atoms with Gasteiger partial charge in [-0.3, -0.25) is 4.79 Å². The van der Waals surface area contributed by atoms with Gasteiger partial charge in [0.25, 0.3) is 0 Å². The fourth-order valence-electron chi connectivity index (χ4n) is 4.31. The van der Waals surface area contributed by atoms with Gasteiger partial charge in [0.05, 0.1) is 6.04 Å². The van der Waals surface area contributed by atoms with Gasteiger partial charge < -0.3 is 15.5 Å². The Bertz CT molecular complexity index is 870. The summed E-state index contributed by atoms with van der Waals surface area (Å²) in [7, 11) is 0. The van der Waals surface area contributed by atoms with Crippen molar-refractivity contribution in [3.05, 3.63) is 65.7 Å². The number of likely N-dealkylation sites (tertiary alicyclic amines) is 1. The number of rotatable bonds is 7. The molecule has 5 heteroatoms. The van der Waals surface area contributed by atoms with Crippen LogP contribution in [0.4, 0.5) is 10.5 Å². The highest BCUT2D eigenvalue weighted by Crippen LogP contribution is 2.25. The van der Waals surface area contributed by atoms with Gasteiger partial charge in [-0.25, -0.2) is 4.79 Å². The van der Waals surface area contributed by atoms with Crippen LogP contribution in [0.2, 0.25) is 0 Å². The van der Waals surface area contributed by atoms with Crippen LogP contribution in [0.1, 0.15) is 57.7 Å². The van der Waals surface area contributed by atoms with Crippen LogP contribution in [0, 0.1) is 17.8 Å². The summed E-state index contributed by atoms with van der Waals surface area (Å²) in [5.41, 5.74) is 3.27. The van der Waals surface area contributed by atoms with Crippen molar-refractivity contribution < 1.29 is 9.59 Å². The number of para-hydroxylation sites is 1. The number of nitrogens with zero attached hydrogens (tertiary/aromatic N) is 1. The van der Waals surface area contributed by atoms with Crippen molar-refractivity contribution in [2.75, 3.05) is 18.4 Å². The van der Waals surface area contributed by atoms with E-state index in [1.165, 1.54) is 5.56 Å². The summed E-state index contributed by atoms with van der Waals surface area (Å²) in [6, 6.07) is 18.0. The topological polar surface area (TPSA) is 61.4 Å². The van der Waals surface area contributed by atoms with Gasteiger partial charge in [0, 0.05) is 24.7 Å². The van der Waals surface area contributed by atoms with Crippen LogP contribution in [0.3, 0.4) is 0 Å². The lowest BCUT2D eigenvalue weighted by atomic mass is 9.91. The molecule has 1 fully saturated rings. The molecule has 1 aliphatic rings. The summed E-state index contributed by atoms with van der Waals surface area (Å²) in [6.45, 7) is 9.91. The molecule has 1 unspecified atom stereocenters. The standard InChI is InChI=1S/C27H37N3O2/c1-19(2)18-21-10-12-22(13-11-21)25(20(3)4)29-26(31)23-14-16-30(17-15-23)27(32)28-24-8-6-5-7-9-24/h5-13,19-20,23,25H,14-18H2,1-4H3,(H,28,32)(H,29,31). The molecule has 1 saturated heterocycles. The lowest BCUT2D eigenvalue weighted by Crippen LogP contribution is -2.45. The molecule has 0 aliphatic carbocycles. The van der Waals surface area contributed by atoms with Crippen LogP contribution in [-0.2, 0) is 11.2 Å². The predicted octanol–water partition coefficient (Wildman–Crippen LogP) is 5.64. The molecule has 1 aliphatic heterocycles. The zero-order chi connectivity index (χ0) is 23.1. The van der Waals surface area contributed by atoms with Crippen molar-refractivity contribution in [1.82, 2.24) is 10.2 Å². The van der Waals surface area contributed by atoms with Crippen molar-refractivity contribution in [3.8, 4) is 0 Å². The molecule has 32 heavy (non-hydrogen) atoms. The first kappa shape index (κ1) is 23.8. The highest BCUT2D eigenvalue weighted by molar-refractivity contribution is 5.89. The maximum Gasteiger partial charge on any atom is 0.321 e. The normalized spacial score (nSPS) is 15.6. The summed E-state index contributed by atoms with van der Waals surface area (Å²) in [5, 5.41) is 6.22. The van der Waals surface area contributed by atoms with Gasteiger partial charge in [-0.15, -0.1) is 0 Å². The number of amides is 3. The molecule has 1 atom stereocenters. The Balaban J connectivity index is 1.53. The van der Waals surface area contributed by atoms with E-state index in [1.54, 1.807) is 4.90 Å². The molecule has 0 radical (unpaired) electrons. The number of carbonyl (C=O) groups excluding carboxylic acids is 2. The van der Waals surface area contributed by atoms with Gasteiger partial charge in [-0.1, -0.05) is 70.2 Å². The molecule has 3 rings (SSSR count). The average Bonchev–Trinajstić information content (AvgIpc) is 2.78. The third-order valence-corrected chi connectivity index (χ3v) is 6.13. The minimum absolute atomic E-state index is 0.00462. The van der Waals surface area contributed by atoms with Crippen molar-refractivity contribution in [2.45, 2.75) is 53.0 Å². The maximum absolute atomic E-state index is 13.0. The van der Waals surface area contributed by atoms with Gasteiger partial charge in [-0.05, 0) is 54.4 Å². The molecule has 2 aromatic carbocycles. The van der Waals surface area contributed by atoms with E-state index in [0.29, 0.717) is 37.8 Å². The van der Waals surface area contributed by atoms with Crippen LogP contribution in [0.15, 0.2) is 54.6 Å². The van der Waals surface area contributed by atoms with Gasteiger partial charge in [0.2, 0.25) is 5.91 Å². The molecular weight excluding hydrogens is 398 g/mol. The largest absolute Gasteiger partial charge is 0.349 e. The fraction of sp³-hybridized carbons (Fsp3) is 0.481. The number of hydrogen-bond acceptors (Lipinski definition) is 2. The molecule has 2 aromatic rings. The van der Waals surface area contributed by atoms with Gasteiger partial charge >= 0.3 is 6.03 Å². The second-order valence-electron chi connectivity index (χ2n) is 9.63. The number of anilines is 1. The Kier molecular flexibility index (Phi) is 8.32. The zero-order valence-electron chi connectivity index (χ0n) is 19.8. The Hall–Kier alpha value is -2.82. The third kappa shape index (κ3) is 6.59. The summed E-state index contributed by atoms with van der Waals surface area (Å²) < 4.78 is 0. The number of hydrogen-bond donors (Lipinski definition) is 2. The molecule has 2 N–H and O–H groups in total. The SMILES string of the molecule is CC(C)Cc1ccc(C(NC(=O)C2CCN(C(=O)Nc3ccccc3)CC2)C(C)C)cc1. The van der Waals surface area contributed by atoms with Crippen molar-refractivity contribution >= 4 is 17.6 Å². The average molecular weight is 436 g/mol. The van der Waals surface area contributed by atoms with E-state index in [0.717, 1.165) is 17.7 Å². The van der Waals surface area contributed by atoms with Gasteiger partial charge in [0.1, 0.15) is 0 Å². The lowest BCUT2D eigenvalue weighted by Gasteiger charge is -2.33. The Morgan fingerprint density at radius 3 is 2.12 bits per heavy atom. The van der Waals surface area contributed by atoms with E-state index in [4.69, 9.17) is 0 Å². The van der Waals surface area contributed by atoms with Crippen LogP contribution in [0.25, 0.3) is 0 Å². The van der Waals surface area contributed by atoms with Crippen molar-refractivity contribution in [2.24, 2.45) is 17.8 Å². The van der Waals surface area contributed by atoms with Gasteiger partial charge in [0.15, 0.2) is 0 Å². The number of nitrogens with one attached hydrogen (secondary N) is 2. The summed E-state index contributed by atoms with van der Waals surface area (Å²) >= 11 is 0. The van der Waals surface area contributed by atoms with Crippen molar-refractivity contribution in [1.29, 1.82) is 0 Å². The first-order chi connectivity index (χ1) is 15.3. The Labute approximate surface area is 192 Å². The number of benzene rings is 2. The molecular formula is C27H37N3O2. The zero-order valence-corrected chi connectivity index (χ0v) is 19.8. The van der Waals surface area contributed by atoms with Crippen LogP contribution in [-0.4, -0.2) is 29.9 Å². The van der Waals surface area contributed by atoms with E-state index >= 15 is 0 Å². The number of carbonyl (C=O) groups is 2. The van der Waals surface area contributed by atoms with E-state index in [2.05, 4.69) is 62.6 Å². The lowest BCUT2D eigenvalue weighted by molar-refractivity contribution is -0.127.